The van der Waals surface area contributed by atoms with Gasteiger partial charge in [-0.25, -0.2) is 0 Å². The van der Waals surface area contributed by atoms with Gasteiger partial charge in [-0.2, -0.15) is 0 Å². The molecule has 0 aliphatic rings. The molecule has 0 aromatic heterocycles. The normalized spacial score (nSPS) is 10.7. The molecule has 2 rings (SSSR count). The van der Waals surface area contributed by atoms with Gasteiger partial charge in [0, 0.05) is 10.0 Å². The lowest BCUT2D eigenvalue weighted by molar-refractivity contribution is 1.53. The standard InChI is InChI=1S/C13H9Cl2N2/c14-10-1-5-12(6-2-10)16-9-17-13-7-3-11(15)4-8-13/h1-9H/q-1. The van der Waals surface area contributed by atoms with Crippen molar-refractivity contribution in [1.29, 1.82) is 0 Å². The second kappa shape index (κ2) is 5.71. The van der Waals surface area contributed by atoms with Crippen molar-refractivity contribution >= 4 is 40.9 Å². The summed E-state index contributed by atoms with van der Waals surface area (Å²) in [6, 6.07) is 14.5. The summed E-state index contributed by atoms with van der Waals surface area (Å²) in [4.78, 5) is 4.18. The van der Waals surface area contributed by atoms with Crippen LogP contribution in [0.1, 0.15) is 0 Å². The summed E-state index contributed by atoms with van der Waals surface area (Å²) >= 11 is 11.5. The number of hydrogen-bond acceptors (Lipinski definition) is 1. The van der Waals surface area contributed by atoms with E-state index in [0.717, 1.165) is 11.4 Å². The highest BCUT2D eigenvalue weighted by Gasteiger charge is 1.85. The zero-order valence-electron chi connectivity index (χ0n) is 8.85. The molecule has 0 N–H and O–H groups in total. The fourth-order valence-corrected chi connectivity index (χ4v) is 1.47. The van der Waals surface area contributed by atoms with E-state index in [4.69, 9.17) is 23.2 Å². The summed E-state index contributed by atoms with van der Waals surface area (Å²) in [6.07, 6.45) is 1.51. The molecule has 4 heteroatoms. The molecule has 0 aliphatic carbocycles. The first-order valence-electron chi connectivity index (χ1n) is 4.98. The lowest BCUT2D eigenvalue weighted by Gasteiger charge is -2.08. The Balaban J connectivity index is 1.97. The molecule has 17 heavy (non-hydrogen) atoms. The summed E-state index contributed by atoms with van der Waals surface area (Å²) in [6.45, 7) is 0. The maximum absolute atomic E-state index is 5.77. The van der Waals surface area contributed by atoms with Crippen LogP contribution in [0.15, 0.2) is 53.5 Å². The predicted molar refractivity (Wildman–Crippen MR) is 74.1 cm³/mol. The molecule has 0 unspecified atom stereocenters. The van der Waals surface area contributed by atoms with E-state index in [1.165, 1.54) is 6.34 Å². The fourth-order valence-electron chi connectivity index (χ4n) is 1.22. The number of rotatable bonds is 3. The van der Waals surface area contributed by atoms with Crippen LogP contribution in [0.3, 0.4) is 0 Å². The van der Waals surface area contributed by atoms with Gasteiger partial charge in [0.2, 0.25) is 0 Å². The Kier molecular flexibility index (Phi) is 4.02. The summed E-state index contributed by atoms with van der Waals surface area (Å²) in [5.74, 6) is 0. The van der Waals surface area contributed by atoms with E-state index in [-0.39, 0.29) is 0 Å². The van der Waals surface area contributed by atoms with Crippen LogP contribution in [-0.2, 0) is 0 Å². The van der Waals surface area contributed by atoms with E-state index in [9.17, 15) is 0 Å². The molecule has 0 fully saturated rings. The summed E-state index contributed by atoms with van der Waals surface area (Å²) < 4.78 is 0. The average Bonchev–Trinajstić information content (AvgIpc) is 2.34. The molecule has 0 amide bonds. The quantitative estimate of drug-likeness (QED) is 0.527. The van der Waals surface area contributed by atoms with E-state index in [0.29, 0.717) is 10.0 Å². The molecule has 0 saturated heterocycles. The molecule has 0 heterocycles. The Labute approximate surface area is 110 Å². The molecule has 2 nitrogen and oxygen atoms in total. The van der Waals surface area contributed by atoms with Gasteiger partial charge in [0.25, 0.3) is 0 Å². The van der Waals surface area contributed by atoms with Gasteiger partial charge in [-0.15, -0.1) is 0 Å². The highest BCUT2D eigenvalue weighted by molar-refractivity contribution is 6.30. The van der Waals surface area contributed by atoms with Crippen molar-refractivity contribution in [2.45, 2.75) is 0 Å². The van der Waals surface area contributed by atoms with Crippen LogP contribution in [0.2, 0.25) is 10.0 Å². The average molecular weight is 264 g/mol. The van der Waals surface area contributed by atoms with Gasteiger partial charge in [0.15, 0.2) is 0 Å². The van der Waals surface area contributed by atoms with E-state index >= 15 is 0 Å². The van der Waals surface area contributed by atoms with Crippen molar-refractivity contribution in [1.82, 2.24) is 0 Å². The van der Waals surface area contributed by atoms with Gasteiger partial charge in [-0.3, -0.25) is 0 Å². The number of benzene rings is 2. The van der Waals surface area contributed by atoms with Gasteiger partial charge < -0.3 is 10.3 Å². The topological polar surface area (TPSA) is 26.5 Å². The van der Waals surface area contributed by atoms with Gasteiger partial charge in [0.05, 0.1) is 0 Å². The number of halogens is 2. The van der Waals surface area contributed by atoms with E-state index < -0.39 is 0 Å². The summed E-state index contributed by atoms with van der Waals surface area (Å²) in [7, 11) is 0. The molecule has 0 spiro atoms. The zero-order chi connectivity index (χ0) is 12.1. The maximum atomic E-state index is 5.77. The van der Waals surface area contributed by atoms with Gasteiger partial charge in [-0.1, -0.05) is 53.8 Å². The van der Waals surface area contributed by atoms with Gasteiger partial charge >= 0.3 is 0 Å². The SMILES string of the molecule is Clc1ccc(N=C[N-]c2ccc(Cl)cc2)cc1. The molecule has 0 atom stereocenters. The third kappa shape index (κ3) is 3.77. The van der Waals surface area contributed by atoms with Crippen LogP contribution >= 0.6 is 23.2 Å². The van der Waals surface area contributed by atoms with E-state index in [1.807, 2.05) is 24.3 Å². The third-order valence-electron chi connectivity index (χ3n) is 2.07. The Bertz CT molecular complexity index is 504. The largest absolute Gasteiger partial charge is 0.443 e. The highest BCUT2D eigenvalue weighted by atomic mass is 35.5. The van der Waals surface area contributed by atoms with E-state index in [2.05, 4.69) is 10.3 Å². The monoisotopic (exact) mass is 263 g/mol. The Morgan fingerprint density at radius 1 is 0.824 bits per heavy atom. The number of hydrogen-bond donors (Lipinski definition) is 0. The van der Waals surface area contributed by atoms with Crippen molar-refractivity contribution in [3.8, 4) is 0 Å². The van der Waals surface area contributed by atoms with E-state index in [1.54, 1.807) is 24.3 Å². The van der Waals surface area contributed by atoms with Crippen molar-refractivity contribution in [3.05, 3.63) is 63.9 Å². The number of nitrogens with zero attached hydrogens (tertiary/aromatic N) is 2. The Morgan fingerprint density at radius 2 is 1.35 bits per heavy atom. The smallest absolute Gasteiger partial charge is 0.0406 e. The van der Waals surface area contributed by atoms with Gasteiger partial charge in [0.1, 0.15) is 0 Å². The minimum atomic E-state index is 0.693. The minimum absolute atomic E-state index is 0.693. The van der Waals surface area contributed by atoms with Crippen LogP contribution in [0.5, 0.6) is 0 Å². The van der Waals surface area contributed by atoms with Crippen molar-refractivity contribution in [2.24, 2.45) is 4.99 Å². The first kappa shape index (κ1) is 12.0. The molecule has 0 radical (unpaired) electrons. The van der Waals surface area contributed by atoms with Crippen LogP contribution in [0.25, 0.3) is 5.32 Å². The Morgan fingerprint density at radius 3 is 1.94 bits per heavy atom. The minimum Gasteiger partial charge on any atom is -0.443 e. The molecule has 2 aromatic carbocycles. The highest BCUT2D eigenvalue weighted by Crippen LogP contribution is 2.20. The second-order valence-corrected chi connectivity index (χ2v) is 4.20. The fraction of sp³-hybridized carbons (Fsp3) is 0. The molecule has 0 bridgehead atoms. The molecule has 2 aromatic rings. The summed E-state index contributed by atoms with van der Waals surface area (Å²) in [5, 5.41) is 5.57. The van der Waals surface area contributed by atoms with Crippen LogP contribution in [0.4, 0.5) is 11.4 Å². The van der Waals surface area contributed by atoms with Crippen LogP contribution in [-0.4, -0.2) is 6.34 Å². The summed E-state index contributed by atoms with van der Waals surface area (Å²) in [5.41, 5.74) is 1.62. The lowest BCUT2D eigenvalue weighted by atomic mass is 10.3. The maximum Gasteiger partial charge on any atom is 0.0406 e. The van der Waals surface area contributed by atoms with Crippen LogP contribution < -0.4 is 0 Å². The molecular weight excluding hydrogens is 255 g/mol. The zero-order valence-corrected chi connectivity index (χ0v) is 10.4. The molecule has 0 saturated carbocycles. The van der Waals surface area contributed by atoms with Crippen LogP contribution in [0, 0.1) is 0 Å². The Hall–Kier alpha value is -1.51. The van der Waals surface area contributed by atoms with Crippen molar-refractivity contribution in [2.75, 3.05) is 0 Å². The van der Waals surface area contributed by atoms with Crippen molar-refractivity contribution < 1.29 is 0 Å². The lowest BCUT2D eigenvalue weighted by Crippen LogP contribution is -1.72. The van der Waals surface area contributed by atoms with Crippen molar-refractivity contribution in [3.63, 3.8) is 0 Å². The molecule has 86 valence electrons. The first-order chi connectivity index (χ1) is 8.24. The second-order valence-electron chi connectivity index (χ2n) is 3.33. The van der Waals surface area contributed by atoms with Gasteiger partial charge in [-0.05, 0) is 35.6 Å². The number of aliphatic imine (C=N–C) groups is 1. The molecule has 0 aliphatic heterocycles. The third-order valence-corrected chi connectivity index (χ3v) is 2.57. The molecular formula is C13H9Cl2N2-. The first-order valence-corrected chi connectivity index (χ1v) is 5.74. The predicted octanol–water partition coefficient (Wildman–Crippen LogP) is 5.36.